The van der Waals surface area contributed by atoms with Gasteiger partial charge >= 0.3 is 0 Å². The third-order valence-electron chi connectivity index (χ3n) is 7.79. The molecule has 0 spiro atoms. The molecule has 4 aromatic carbocycles. The van der Waals surface area contributed by atoms with Gasteiger partial charge < -0.3 is 0 Å². The van der Waals surface area contributed by atoms with E-state index in [1.165, 1.54) is 24.3 Å². The van der Waals surface area contributed by atoms with Gasteiger partial charge in [0.1, 0.15) is 82.0 Å². The maximum absolute atomic E-state index is 14.8. The average Bonchev–Trinajstić information content (AvgIpc) is 3.56. The lowest BCUT2D eigenvalue weighted by Crippen LogP contribution is -2.01. The molecule has 212 valence electrons. The minimum absolute atomic E-state index is 0.0106. The monoisotopic (exact) mass is 602 g/mol. The quantitative estimate of drug-likeness (QED) is 0.169. The van der Waals surface area contributed by atoms with Gasteiger partial charge in [0, 0.05) is 33.4 Å². The van der Waals surface area contributed by atoms with Crippen LogP contribution in [0.2, 0.25) is 0 Å². The van der Waals surface area contributed by atoms with Crippen LogP contribution in [0.25, 0.3) is 44.5 Å². The Labute approximate surface area is 258 Å². The van der Waals surface area contributed by atoms with Crippen LogP contribution in [0.3, 0.4) is 0 Å². The Balaban J connectivity index is 1.75. The number of fused-ring (bicyclic) bond motifs is 4. The zero-order valence-electron chi connectivity index (χ0n) is 23.0. The van der Waals surface area contributed by atoms with Crippen LogP contribution in [0, 0.1) is 91.3 Å². The summed E-state index contributed by atoms with van der Waals surface area (Å²) >= 11 is 0. The highest BCUT2D eigenvalue weighted by Crippen LogP contribution is 2.62. The van der Waals surface area contributed by atoms with E-state index in [1.54, 1.807) is 24.3 Å². The van der Waals surface area contributed by atoms with E-state index in [2.05, 4.69) is 0 Å². The van der Waals surface area contributed by atoms with E-state index < -0.39 is 45.5 Å². The number of hydrogen-bond acceptors (Lipinski definition) is 6. The molecule has 0 aliphatic heterocycles. The molecule has 0 bridgehead atoms. The van der Waals surface area contributed by atoms with E-state index in [9.17, 15) is 38.6 Å². The maximum Gasteiger partial charge on any atom is 0.144 e. The SMILES string of the molecule is N#CC(C#N)=C1C2=C(C(=C(C#N)C#N)c3c2cccc3-c2cc(F)c(C#N)c(F)c2)c2cccc(-c3cc(F)c(C#N)c(F)c3)c21. The fourth-order valence-electron chi connectivity index (χ4n) is 6.02. The minimum atomic E-state index is -1.13. The molecule has 2 aliphatic rings. The Bertz CT molecular complexity index is 2230. The van der Waals surface area contributed by atoms with Crippen LogP contribution in [0.4, 0.5) is 17.6 Å². The highest BCUT2D eigenvalue weighted by Gasteiger charge is 2.42. The first kappa shape index (κ1) is 28.9. The zero-order chi connectivity index (χ0) is 32.9. The molecule has 0 radical (unpaired) electrons. The van der Waals surface area contributed by atoms with Gasteiger partial charge in [-0.25, -0.2) is 17.6 Å². The summed E-state index contributed by atoms with van der Waals surface area (Å²) in [5.74, 6) is -4.52. The number of halogens is 4. The van der Waals surface area contributed by atoms with Gasteiger partial charge in [-0.1, -0.05) is 36.4 Å². The highest BCUT2D eigenvalue weighted by molar-refractivity contribution is 6.39. The zero-order valence-corrected chi connectivity index (χ0v) is 23.0. The molecule has 0 amide bonds. The molecule has 0 unspecified atom stereocenters. The standard InChI is InChI=1S/C36H10F4N6/c37-27-7-17(8-28(38)25(27)15-45)21-3-1-5-23-33(21)31(19(11-41)12-42)36-24-6-2-4-22(18-9-29(39)26(16-46)30(40)10-18)34(24)32(35(23)36)20(13-43)14-44/h1-10H. The molecule has 46 heavy (non-hydrogen) atoms. The average molecular weight is 603 g/mol. The second-order valence-electron chi connectivity index (χ2n) is 10.0. The Morgan fingerprint density at radius 3 is 1.04 bits per heavy atom. The Morgan fingerprint density at radius 2 is 0.761 bits per heavy atom. The first-order valence-corrected chi connectivity index (χ1v) is 13.1. The summed E-state index contributed by atoms with van der Waals surface area (Å²) in [6.07, 6.45) is 0. The second kappa shape index (κ2) is 10.8. The molecule has 0 atom stereocenters. The molecule has 0 saturated carbocycles. The summed E-state index contributed by atoms with van der Waals surface area (Å²) < 4.78 is 59.2. The number of hydrogen-bond donors (Lipinski definition) is 0. The van der Waals surface area contributed by atoms with Crippen molar-refractivity contribution in [2.45, 2.75) is 0 Å². The van der Waals surface area contributed by atoms with Crippen molar-refractivity contribution in [2.75, 3.05) is 0 Å². The number of rotatable bonds is 2. The molecule has 0 N–H and O–H groups in total. The van der Waals surface area contributed by atoms with Gasteiger partial charge in [0.25, 0.3) is 0 Å². The van der Waals surface area contributed by atoms with Crippen molar-refractivity contribution >= 4 is 22.3 Å². The van der Waals surface area contributed by atoms with Gasteiger partial charge in [-0.2, -0.15) is 31.6 Å². The lowest BCUT2D eigenvalue weighted by Gasteiger charge is -2.18. The summed E-state index contributed by atoms with van der Waals surface area (Å²) in [7, 11) is 0. The maximum atomic E-state index is 14.8. The number of allylic oxidation sites excluding steroid dienone is 6. The number of benzene rings is 4. The molecular formula is C36H10F4N6. The largest absolute Gasteiger partial charge is 0.205 e. The molecule has 2 aliphatic carbocycles. The summed E-state index contributed by atoms with van der Waals surface area (Å²) in [6, 6.07) is 23.4. The van der Waals surface area contributed by atoms with Crippen molar-refractivity contribution in [3.05, 3.63) is 128 Å². The van der Waals surface area contributed by atoms with E-state index >= 15 is 0 Å². The first-order chi connectivity index (χ1) is 22.2. The second-order valence-corrected chi connectivity index (χ2v) is 10.0. The fraction of sp³-hybridized carbons (Fsp3) is 0. The molecule has 6 rings (SSSR count). The van der Waals surface area contributed by atoms with Crippen LogP contribution in [0.15, 0.2) is 71.8 Å². The van der Waals surface area contributed by atoms with Crippen molar-refractivity contribution in [2.24, 2.45) is 0 Å². The van der Waals surface area contributed by atoms with Gasteiger partial charge in [0.05, 0.1) is 0 Å². The molecule has 4 aromatic rings. The summed E-state index contributed by atoms with van der Waals surface area (Å²) in [6.45, 7) is 0. The van der Waals surface area contributed by atoms with Crippen LogP contribution >= 0.6 is 0 Å². The van der Waals surface area contributed by atoms with E-state index in [4.69, 9.17) is 10.5 Å². The predicted molar refractivity (Wildman–Crippen MR) is 156 cm³/mol. The van der Waals surface area contributed by atoms with Gasteiger partial charge in [-0.3, -0.25) is 0 Å². The molecular weight excluding hydrogens is 592 g/mol. The molecule has 10 heteroatoms. The van der Waals surface area contributed by atoms with E-state index in [0.29, 0.717) is 11.1 Å². The van der Waals surface area contributed by atoms with Crippen molar-refractivity contribution < 1.29 is 17.6 Å². The van der Waals surface area contributed by atoms with Crippen LogP contribution in [0.1, 0.15) is 33.4 Å². The Hall–Kier alpha value is -7.24. The van der Waals surface area contributed by atoms with Crippen molar-refractivity contribution in [3.8, 4) is 58.7 Å². The summed E-state index contributed by atoms with van der Waals surface area (Å²) in [5, 5.41) is 58.6. The van der Waals surface area contributed by atoms with Gasteiger partial charge in [0.2, 0.25) is 0 Å². The van der Waals surface area contributed by atoms with Gasteiger partial charge in [-0.05, 0) is 57.6 Å². The van der Waals surface area contributed by atoms with Crippen LogP contribution in [-0.2, 0) is 0 Å². The van der Waals surface area contributed by atoms with E-state index in [-0.39, 0.29) is 55.7 Å². The molecule has 0 aromatic heterocycles. The van der Waals surface area contributed by atoms with E-state index in [0.717, 1.165) is 24.3 Å². The minimum Gasteiger partial charge on any atom is -0.205 e. The molecule has 0 saturated heterocycles. The number of nitrogens with zero attached hydrogens (tertiary/aromatic N) is 6. The summed E-state index contributed by atoms with van der Waals surface area (Å²) in [5.41, 5.74) is -0.349. The molecule has 6 nitrogen and oxygen atoms in total. The summed E-state index contributed by atoms with van der Waals surface area (Å²) in [4.78, 5) is 0. The normalized spacial score (nSPS) is 12.0. The number of nitriles is 6. The van der Waals surface area contributed by atoms with Gasteiger partial charge in [-0.15, -0.1) is 0 Å². The third kappa shape index (κ3) is 3.97. The van der Waals surface area contributed by atoms with Crippen LogP contribution in [-0.4, -0.2) is 0 Å². The Morgan fingerprint density at radius 1 is 0.457 bits per heavy atom. The van der Waals surface area contributed by atoms with Crippen molar-refractivity contribution in [1.29, 1.82) is 31.6 Å². The van der Waals surface area contributed by atoms with Crippen molar-refractivity contribution in [1.82, 2.24) is 0 Å². The molecule has 0 fully saturated rings. The predicted octanol–water partition coefficient (Wildman–Crippen LogP) is 7.86. The van der Waals surface area contributed by atoms with E-state index in [1.807, 2.05) is 24.3 Å². The topological polar surface area (TPSA) is 143 Å². The third-order valence-corrected chi connectivity index (χ3v) is 7.79. The van der Waals surface area contributed by atoms with Crippen LogP contribution in [0.5, 0.6) is 0 Å². The highest BCUT2D eigenvalue weighted by atomic mass is 19.1. The molecule has 0 heterocycles. The lowest BCUT2D eigenvalue weighted by molar-refractivity contribution is 0.577. The van der Waals surface area contributed by atoms with Crippen molar-refractivity contribution in [3.63, 3.8) is 0 Å². The fourth-order valence-corrected chi connectivity index (χ4v) is 6.02. The lowest BCUT2D eigenvalue weighted by atomic mass is 9.83. The first-order valence-electron chi connectivity index (χ1n) is 13.1. The van der Waals surface area contributed by atoms with Crippen LogP contribution < -0.4 is 0 Å². The van der Waals surface area contributed by atoms with Gasteiger partial charge in [0.15, 0.2) is 0 Å². The Kier molecular flexibility index (Phi) is 6.77. The smallest absolute Gasteiger partial charge is 0.144 e.